The summed E-state index contributed by atoms with van der Waals surface area (Å²) in [6.07, 6.45) is 2.53. The van der Waals surface area contributed by atoms with Gasteiger partial charge in [0.15, 0.2) is 0 Å². The monoisotopic (exact) mass is 331 g/mol. The van der Waals surface area contributed by atoms with Crippen LogP contribution in [0.15, 0.2) is 16.8 Å². The van der Waals surface area contributed by atoms with Crippen LogP contribution in [-0.2, 0) is 10.2 Å². The molecule has 2 heterocycles. The SMILES string of the molecule is CN(C)S(=O)(=O)N1CCCC[C@H](NC(=O)c2ccsc2)C1. The zero-order valence-electron chi connectivity index (χ0n) is 12.3. The lowest BCUT2D eigenvalue weighted by molar-refractivity contribution is 0.0932. The zero-order chi connectivity index (χ0) is 15.5. The molecule has 0 saturated carbocycles. The summed E-state index contributed by atoms with van der Waals surface area (Å²) >= 11 is 1.47. The molecule has 1 atom stereocenters. The lowest BCUT2D eigenvalue weighted by Gasteiger charge is -2.27. The highest BCUT2D eigenvalue weighted by Crippen LogP contribution is 2.16. The first-order chi connectivity index (χ1) is 9.91. The van der Waals surface area contributed by atoms with E-state index in [1.54, 1.807) is 11.4 Å². The Hall–Kier alpha value is -0.960. The summed E-state index contributed by atoms with van der Waals surface area (Å²) in [5, 5.41) is 6.59. The van der Waals surface area contributed by atoms with E-state index in [1.165, 1.54) is 34.0 Å². The number of thiophene rings is 1. The Labute approximate surface area is 129 Å². The molecule has 21 heavy (non-hydrogen) atoms. The average molecular weight is 331 g/mol. The fourth-order valence-corrected chi connectivity index (χ4v) is 4.15. The Kier molecular flexibility index (Phi) is 5.37. The maximum absolute atomic E-state index is 12.2. The van der Waals surface area contributed by atoms with Gasteiger partial charge in [-0.1, -0.05) is 6.42 Å². The van der Waals surface area contributed by atoms with Gasteiger partial charge in [0.1, 0.15) is 0 Å². The summed E-state index contributed by atoms with van der Waals surface area (Å²) in [5.41, 5.74) is 0.631. The molecule has 1 fully saturated rings. The molecule has 0 aromatic carbocycles. The van der Waals surface area contributed by atoms with E-state index in [0.29, 0.717) is 18.7 Å². The van der Waals surface area contributed by atoms with Crippen molar-refractivity contribution in [3.8, 4) is 0 Å². The number of hydrogen-bond acceptors (Lipinski definition) is 4. The third-order valence-electron chi connectivity index (χ3n) is 3.54. The normalized spacial score (nSPS) is 21.2. The fourth-order valence-electron chi connectivity index (χ4n) is 2.33. The van der Waals surface area contributed by atoms with Gasteiger partial charge in [-0.25, -0.2) is 0 Å². The average Bonchev–Trinajstić information content (AvgIpc) is 2.86. The number of nitrogens with one attached hydrogen (secondary N) is 1. The second kappa shape index (κ2) is 6.87. The van der Waals surface area contributed by atoms with Gasteiger partial charge >= 0.3 is 0 Å². The van der Waals surface area contributed by atoms with E-state index < -0.39 is 10.2 Å². The summed E-state index contributed by atoms with van der Waals surface area (Å²) < 4.78 is 27.2. The number of carbonyl (C=O) groups excluding carboxylic acids is 1. The summed E-state index contributed by atoms with van der Waals surface area (Å²) in [6, 6.07) is 1.63. The smallest absolute Gasteiger partial charge is 0.281 e. The molecule has 8 heteroatoms. The lowest BCUT2D eigenvalue weighted by atomic mass is 10.1. The van der Waals surface area contributed by atoms with E-state index in [2.05, 4.69) is 5.32 Å². The standard InChI is InChI=1S/C13H21N3O3S2/c1-15(2)21(18,19)16-7-4-3-5-12(9-16)14-13(17)11-6-8-20-10-11/h6,8,10,12H,3-5,7,9H2,1-2H3,(H,14,17)/t12-/m0/s1. The molecule has 0 radical (unpaired) electrons. The molecule has 0 unspecified atom stereocenters. The van der Waals surface area contributed by atoms with Crippen LogP contribution in [0.4, 0.5) is 0 Å². The van der Waals surface area contributed by atoms with Crippen LogP contribution in [0.2, 0.25) is 0 Å². The molecule has 1 aliphatic rings. The molecule has 118 valence electrons. The second-order valence-corrected chi connectivity index (χ2v) is 8.25. The number of rotatable bonds is 4. The van der Waals surface area contributed by atoms with Crippen LogP contribution in [0.3, 0.4) is 0 Å². The Morgan fingerprint density at radius 2 is 2.19 bits per heavy atom. The van der Waals surface area contributed by atoms with E-state index in [4.69, 9.17) is 0 Å². The van der Waals surface area contributed by atoms with Crippen molar-refractivity contribution in [1.29, 1.82) is 0 Å². The molecule has 6 nitrogen and oxygen atoms in total. The van der Waals surface area contributed by atoms with Crippen LogP contribution in [0.25, 0.3) is 0 Å². The van der Waals surface area contributed by atoms with Gasteiger partial charge in [-0.15, -0.1) is 0 Å². The van der Waals surface area contributed by atoms with E-state index in [-0.39, 0.29) is 11.9 Å². The van der Waals surface area contributed by atoms with Crippen molar-refractivity contribution in [2.45, 2.75) is 25.3 Å². The third-order valence-corrected chi connectivity index (χ3v) is 6.13. The Morgan fingerprint density at radius 1 is 1.43 bits per heavy atom. The highest BCUT2D eigenvalue weighted by molar-refractivity contribution is 7.86. The van der Waals surface area contributed by atoms with Gasteiger partial charge in [0.05, 0.1) is 0 Å². The van der Waals surface area contributed by atoms with Crippen molar-refractivity contribution in [1.82, 2.24) is 13.9 Å². The lowest BCUT2D eigenvalue weighted by Crippen LogP contribution is -2.47. The zero-order valence-corrected chi connectivity index (χ0v) is 13.9. The van der Waals surface area contributed by atoms with Crippen molar-refractivity contribution in [2.75, 3.05) is 27.2 Å². The van der Waals surface area contributed by atoms with Gasteiger partial charge in [-0.3, -0.25) is 4.79 Å². The third kappa shape index (κ3) is 4.03. The van der Waals surface area contributed by atoms with E-state index >= 15 is 0 Å². The van der Waals surface area contributed by atoms with Gasteiger partial charge in [0.25, 0.3) is 16.1 Å². The van der Waals surface area contributed by atoms with Crippen molar-refractivity contribution in [3.63, 3.8) is 0 Å². The Balaban J connectivity index is 2.05. The van der Waals surface area contributed by atoms with E-state index in [9.17, 15) is 13.2 Å². The highest BCUT2D eigenvalue weighted by atomic mass is 32.2. The van der Waals surface area contributed by atoms with Crippen LogP contribution in [0, 0.1) is 0 Å². The molecule has 1 N–H and O–H groups in total. The maximum atomic E-state index is 12.2. The van der Waals surface area contributed by atoms with Crippen LogP contribution in [0.1, 0.15) is 29.6 Å². The molecule has 1 aromatic rings. The van der Waals surface area contributed by atoms with Crippen LogP contribution in [-0.4, -0.2) is 56.2 Å². The second-order valence-electron chi connectivity index (χ2n) is 5.33. The minimum Gasteiger partial charge on any atom is -0.348 e. The molecular weight excluding hydrogens is 310 g/mol. The van der Waals surface area contributed by atoms with Crippen LogP contribution < -0.4 is 5.32 Å². The summed E-state index contributed by atoms with van der Waals surface area (Å²) in [7, 11) is -0.374. The first-order valence-corrected chi connectivity index (χ1v) is 9.26. The molecule has 2 rings (SSSR count). The number of nitrogens with zero attached hydrogens (tertiary/aromatic N) is 2. The van der Waals surface area contributed by atoms with Gasteiger partial charge in [-0.05, 0) is 24.3 Å². The van der Waals surface area contributed by atoms with E-state index in [0.717, 1.165) is 19.3 Å². The predicted octanol–water partition coefficient (Wildman–Crippen LogP) is 1.14. The van der Waals surface area contributed by atoms with Gasteiger partial charge in [0, 0.05) is 44.2 Å². The summed E-state index contributed by atoms with van der Waals surface area (Å²) in [6.45, 7) is 0.835. The number of carbonyl (C=O) groups is 1. The maximum Gasteiger partial charge on any atom is 0.281 e. The Morgan fingerprint density at radius 3 is 2.81 bits per heavy atom. The highest BCUT2D eigenvalue weighted by Gasteiger charge is 2.29. The molecular formula is C13H21N3O3S2. The predicted molar refractivity (Wildman–Crippen MR) is 83.6 cm³/mol. The van der Waals surface area contributed by atoms with Crippen LogP contribution >= 0.6 is 11.3 Å². The molecule has 1 saturated heterocycles. The first-order valence-electron chi connectivity index (χ1n) is 6.92. The van der Waals surface area contributed by atoms with E-state index in [1.807, 2.05) is 5.38 Å². The number of hydrogen-bond donors (Lipinski definition) is 1. The van der Waals surface area contributed by atoms with Gasteiger partial charge in [-0.2, -0.15) is 28.4 Å². The van der Waals surface area contributed by atoms with Crippen molar-refractivity contribution >= 4 is 27.5 Å². The molecule has 1 aromatic heterocycles. The molecule has 0 aliphatic carbocycles. The van der Waals surface area contributed by atoms with Gasteiger partial charge in [0.2, 0.25) is 0 Å². The van der Waals surface area contributed by atoms with Crippen molar-refractivity contribution < 1.29 is 13.2 Å². The largest absolute Gasteiger partial charge is 0.348 e. The molecule has 0 spiro atoms. The molecule has 0 bridgehead atoms. The Bertz CT molecular complexity index is 569. The minimum absolute atomic E-state index is 0.134. The summed E-state index contributed by atoms with van der Waals surface area (Å²) in [5.74, 6) is -0.134. The quantitative estimate of drug-likeness (QED) is 0.899. The van der Waals surface area contributed by atoms with Gasteiger partial charge < -0.3 is 5.32 Å². The van der Waals surface area contributed by atoms with Crippen LogP contribution in [0.5, 0.6) is 0 Å². The van der Waals surface area contributed by atoms with Crippen molar-refractivity contribution in [3.05, 3.63) is 22.4 Å². The topological polar surface area (TPSA) is 69.7 Å². The number of amides is 1. The fraction of sp³-hybridized carbons (Fsp3) is 0.615. The van der Waals surface area contributed by atoms with Crippen molar-refractivity contribution in [2.24, 2.45) is 0 Å². The summed E-state index contributed by atoms with van der Waals surface area (Å²) in [4.78, 5) is 12.1. The molecule has 1 amide bonds. The first kappa shape index (κ1) is 16.4. The molecule has 1 aliphatic heterocycles. The minimum atomic E-state index is -3.43.